The minimum Gasteiger partial charge on any atom is -0.194 e. The highest BCUT2D eigenvalue weighted by Crippen LogP contribution is 2.66. The molecule has 1 unspecified atom stereocenters. The van der Waals surface area contributed by atoms with Crippen molar-refractivity contribution in [1.82, 2.24) is 0 Å². The normalized spacial score (nSPS) is 18.6. The summed E-state index contributed by atoms with van der Waals surface area (Å²) in [5.74, 6) is -15.8. The Balaban J connectivity index is 1.59. The number of halogens is 6. The highest BCUT2D eigenvalue weighted by molar-refractivity contribution is 8.08. The molecule has 1 atom stereocenters. The van der Waals surface area contributed by atoms with Crippen LogP contribution in [0.4, 0.5) is 26.3 Å². The minimum atomic E-state index is -5.60. The van der Waals surface area contributed by atoms with E-state index in [2.05, 4.69) is 0 Å². The molecule has 0 fully saturated rings. The van der Waals surface area contributed by atoms with Gasteiger partial charge in [-0.15, -0.1) is 68.4 Å². The second-order valence-electron chi connectivity index (χ2n) is 10.3. The lowest BCUT2D eigenvalue weighted by Crippen LogP contribution is -2.49. The molecule has 0 aromatic carbocycles. The van der Waals surface area contributed by atoms with Gasteiger partial charge in [0.05, 0.1) is 4.88 Å². The first-order valence-corrected chi connectivity index (χ1v) is 18.6. The Morgan fingerprint density at radius 2 is 1.36 bits per heavy atom. The van der Waals surface area contributed by atoms with Crippen molar-refractivity contribution < 1.29 is 26.3 Å². The highest BCUT2D eigenvalue weighted by Gasteiger charge is 2.80. The zero-order valence-electron chi connectivity index (χ0n) is 23.4. The van der Waals surface area contributed by atoms with Crippen LogP contribution in [0.5, 0.6) is 0 Å². The van der Waals surface area contributed by atoms with Crippen molar-refractivity contribution in [1.29, 1.82) is 0 Å². The van der Waals surface area contributed by atoms with Gasteiger partial charge in [0.15, 0.2) is 0 Å². The van der Waals surface area contributed by atoms with Crippen molar-refractivity contribution in [3.8, 4) is 19.5 Å². The van der Waals surface area contributed by atoms with Crippen LogP contribution >= 0.6 is 68.4 Å². The molecule has 0 saturated heterocycles. The number of allylic oxidation sites excluding steroid dienone is 3. The number of rotatable bonds is 9. The molecule has 5 aromatic rings. The third kappa shape index (κ3) is 5.19. The molecular weight excluding hydrogens is 691 g/mol. The lowest BCUT2D eigenvalue weighted by molar-refractivity contribution is -0.260. The molecule has 0 radical (unpaired) electrons. The molecule has 0 amide bonds. The maximum atomic E-state index is 16.0. The van der Waals surface area contributed by atoms with E-state index in [0.29, 0.717) is 30.7 Å². The van der Waals surface area contributed by atoms with Gasteiger partial charge in [-0.2, -0.15) is 26.3 Å². The molecule has 5 heterocycles. The topological polar surface area (TPSA) is 0 Å². The van der Waals surface area contributed by atoms with Gasteiger partial charge in [0.25, 0.3) is 0 Å². The second-order valence-corrected chi connectivity index (χ2v) is 16.5. The van der Waals surface area contributed by atoms with Crippen molar-refractivity contribution in [3.63, 3.8) is 0 Å². The van der Waals surface area contributed by atoms with Gasteiger partial charge in [0, 0.05) is 51.3 Å². The van der Waals surface area contributed by atoms with Gasteiger partial charge >= 0.3 is 17.8 Å². The maximum Gasteiger partial charge on any atom is 0.380 e. The fourth-order valence-corrected chi connectivity index (χ4v) is 11.4. The summed E-state index contributed by atoms with van der Waals surface area (Å²) in [6.45, 7) is 5.12. The summed E-state index contributed by atoms with van der Waals surface area (Å²) >= 11 is 8.16. The first kappa shape index (κ1) is 31.9. The molecule has 6 rings (SSSR count). The Bertz CT molecular complexity index is 1800. The largest absolute Gasteiger partial charge is 0.380 e. The minimum absolute atomic E-state index is 0.0691. The van der Waals surface area contributed by atoms with Crippen molar-refractivity contribution in [2.75, 3.05) is 0 Å². The number of hydrogen-bond acceptors (Lipinski definition) is 6. The summed E-state index contributed by atoms with van der Waals surface area (Å²) < 4.78 is 94.4. The number of thioether (sulfide) groups is 1. The molecular formula is C32H24F6S6. The molecule has 0 aliphatic heterocycles. The van der Waals surface area contributed by atoms with E-state index < -0.39 is 35.3 Å². The van der Waals surface area contributed by atoms with E-state index in [1.54, 1.807) is 48.8 Å². The summed E-state index contributed by atoms with van der Waals surface area (Å²) in [4.78, 5) is 4.66. The van der Waals surface area contributed by atoms with Crippen LogP contribution in [0.3, 0.4) is 0 Å². The zero-order valence-corrected chi connectivity index (χ0v) is 28.3. The number of thiophene rings is 5. The Morgan fingerprint density at radius 1 is 0.773 bits per heavy atom. The second kappa shape index (κ2) is 11.9. The van der Waals surface area contributed by atoms with Gasteiger partial charge in [-0.05, 0) is 78.5 Å². The van der Waals surface area contributed by atoms with E-state index in [0.717, 1.165) is 14.6 Å². The van der Waals surface area contributed by atoms with Crippen LogP contribution < -0.4 is 0 Å². The summed E-state index contributed by atoms with van der Waals surface area (Å²) in [5, 5.41) is 7.28. The fourth-order valence-electron chi connectivity index (χ4n) is 5.32. The van der Waals surface area contributed by atoms with Gasteiger partial charge in [-0.3, -0.25) is 0 Å². The molecule has 5 aromatic heterocycles. The number of hydrogen-bond donors (Lipinski definition) is 0. The van der Waals surface area contributed by atoms with Crippen molar-refractivity contribution in [2.45, 2.75) is 50.2 Å². The fraction of sp³-hybridized carbons (Fsp3) is 0.250. The Hall–Kier alpha value is -2.09. The van der Waals surface area contributed by atoms with Crippen LogP contribution in [0.25, 0.3) is 30.0 Å². The molecule has 1 aliphatic rings. The van der Waals surface area contributed by atoms with Gasteiger partial charge < -0.3 is 0 Å². The summed E-state index contributed by atoms with van der Waals surface area (Å²) in [6.07, 6.45) is -0.724. The standard InChI is InChI=1S/C32H24F6S6/c1-17(27(22-9-5-13-40-22)43-19(3)21-8-4-12-39-21)16-20-26(31(35,36)32(37,38)30(20,33)34)25-18(2)28(23-10-6-14-41-23)44-29(25)24-11-7-15-42-24/h4-15,19H,16H2,1-3H3/b27-17-. The average Bonchev–Trinajstić information content (AvgIpc) is 3.81. The van der Waals surface area contributed by atoms with E-state index in [-0.39, 0.29) is 10.8 Å². The third-order valence-corrected chi connectivity index (χ3v) is 14.5. The van der Waals surface area contributed by atoms with E-state index in [9.17, 15) is 0 Å². The maximum absolute atomic E-state index is 16.0. The molecule has 0 bridgehead atoms. The summed E-state index contributed by atoms with van der Waals surface area (Å²) in [7, 11) is 0. The Kier molecular flexibility index (Phi) is 8.64. The van der Waals surface area contributed by atoms with Crippen LogP contribution in [0.15, 0.2) is 81.2 Å². The molecule has 230 valence electrons. The molecule has 0 N–H and O–H groups in total. The van der Waals surface area contributed by atoms with E-state index in [1.807, 2.05) is 53.4 Å². The predicted octanol–water partition coefficient (Wildman–Crippen LogP) is 13.6. The molecule has 0 spiro atoms. The molecule has 1 aliphatic carbocycles. The SMILES string of the molecule is C/C(CC1=C(c2c(-c3cccs3)sc(-c3cccs3)c2C)C(F)(F)C(F)(F)C1(F)F)=C(/SC(C)c1cccs1)c1cccs1. The van der Waals surface area contributed by atoms with E-state index in [1.165, 1.54) is 57.1 Å². The monoisotopic (exact) mass is 714 g/mol. The van der Waals surface area contributed by atoms with Crippen LogP contribution in [-0.4, -0.2) is 17.8 Å². The summed E-state index contributed by atoms with van der Waals surface area (Å²) in [6, 6.07) is 14.6. The first-order valence-electron chi connectivity index (χ1n) is 13.4. The van der Waals surface area contributed by atoms with Gasteiger partial charge in [0.1, 0.15) is 0 Å². The predicted molar refractivity (Wildman–Crippen MR) is 179 cm³/mol. The zero-order chi connectivity index (χ0) is 31.4. The Morgan fingerprint density at radius 3 is 1.93 bits per heavy atom. The molecule has 44 heavy (non-hydrogen) atoms. The van der Waals surface area contributed by atoms with Crippen LogP contribution in [-0.2, 0) is 0 Å². The van der Waals surface area contributed by atoms with Crippen LogP contribution in [0.2, 0.25) is 0 Å². The Labute approximate surface area is 275 Å². The van der Waals surface area contributed by atoms with E-state index in [4.69, 9.17) is 0 Å². The lowest BCUT2D eigenvalue weighted by atomic mass is 9.92. The average molecular weight is 715 g/mol. The van der Waals surface area contributed by atoms with E-state index >= 15 is 26.3 Å². The smallest absolute Gasteiger partial charge is 0.194 e. The van der Waals surface area contributed by atoms with Gasteiger partial charge in [0.2, 0.25) is 0 Å². The highest BCUT2D eigenvalue weighted by atomic mass is 32.2. The first-order chi connectivity index (χ1) is 20.9. The molecule has 0 nitrogen and oxygen atoms in total. The van der Waals surface area contributed by atoms with Crippen molar-refractivity contribution in [2.24, 2.45) is 0 Å². The van der Waals surface area contributed by atoms with Crippen LogP contribution in [0.1, 0.15) is 46.4 Å². The van der Waals surface area contributed by atoms with Gasteiger partial charge in [-0.25, -0.2) is 0 Å². The molecule has 12 heteroatoms. The number of alkyl halides is 6. The quantitative estimate of drug-likeness (QED) is 0.137. The lowest BCUT2D eigenvalue weighted by Gasteiger charge is -2.26. The van der Waals surface area contributed by atoms with Gasteiger partial charge in [-0.1, -0.05) is 29.8 Å². The third-order valence-electron chi connectivity index (χ3n) is 7.48. The van der Waals surface area contributed by atoms with Crippen LogP contribution in [0, 0.1) is 6.92 Å². The summed E-state index contributed by atoms with van der Waals surface area (Å²) in [5.41, 5.74) is -2.07. The van der Waals surface area contributed by atoms with Crippen molar-refractivity contribution in [3.05, 3.63) is 102 Å². The van der Waals surface area contributed by atoms with Crippen molar-refractivity contribution >= 4 is 78.9 Å². The molecule has 0 saturated carbocycles.